The Bertz CT molecular complexity index is 1070. The normalized spacial score (nSPS) is 21.3. The molecule has 7 heteroatoms. The lowest BCUT2D eigenvalue weighted by atomic mass is 9.74. The van der Waals surface area contributed by atoms with Crippen molar-refractivity contribution in [1.82, 2.24) is 14.4 Å². The largest absolute Gasteiger partial charge is 0.382 e. The van der Waals surface area contributed by atoms with Gasteiger partial charge in [-0.15, -0.1) is 0 Å². The van der Waals surface area contributed by atoms with E-state index in [4.69, 9.17) is 23.1 Å². The lowest BCUT2D eigenvalue weighted by Gasteiger charge is -2.43. The summed E-state index contributed by atoms with van der Waals surface area (Å²) in [6.45, 7) is 4.17. The number of nitrogens with zero attached hydrogens (tertiary/aromatic N) is 4. The molecule has 0 amide bonds. The number of nitrogen functional groups attached to an aromatic ring is 1. The molecule has 0 radical (unpaired) electrons. The number of pyridine rings is 2. The second-order valence-electron chi connectivity index (χ2n) is 8.59. The predicted molar refractivity (Wildman–Crippen MR) is 118 cm³/mol. The molecule has 2 aliphatic rings. The Morgan fingerprint density at radius 1 is 1.17 bits per heavy atom. The molecule has 1 atom stereocenters. The first-order valence-electron chi connectivity index (χ1n) is 10.4. The van der Waals surface area contributed by atoms with Gasteiger partial charge in [0.05, 0.1) is 5.02 Å². The number of anilines is 2. The third-order valence-electron chi connectivity index (χ3n) is 7.10. The number of hydrogen-bond donors (Lipinski definition) is 2. The summed E-state index contributed by atoms with van der Waals surface area (Å²) >= 11 is 6.49. The van der Waals surface area contributed by atoms with Crippen LogP contribution in [-0.4, -0.2) is 33.5 Å². The third kappa shape index (κ3) is 2.89. The highest BCUT2D eigenvalue weighted by atomic mass is 35.5. The number of fused-ring (bicyclic) bond motifs is 1. The van der Waals surface area contributed by atoms with E-state index in [0.717, 1.165) is 48.3 Å². The Hall–Kier alpha value is -2.31. The van der Waals surface area contributed by atoms with Crippen LogP contribution in [0.1, 0.15) is 37.7 Å². The van der Waals surface area contributed by atoms with E-state index in [9.17, 15) is 0 Å². The van der Waals surface area contributed by atoms with Crippen molar-refractivity contribution in [2.75, 3.05) is 23.7 Å². The Morgan fingerprint density at radius 2 is 1.97 bits per heavy atom. The highest BCUT2D eigenvalue weighted by molar-refractivity contribution is 6.35. The van der Waals surface area contributed by atoms with Crippen molar-refractivity contribution in [2.24, 2.45) is 11.1 Å². The molecule has 152 valence electrons. The lowest BCUT2D eigenvalue weighted by Crippen LogP contribution is -2.47. The van der Waals surface area contributed by atoms with Gasteiger partial charge in [-0.3, -0.25) is 4.40 Å². The van der Waals surface area contributed by atoms with Crippen molar-refractivity contribution < 1.29 is 0 Å². The van der Waals surface area contributed by atoms with E-state index >= 15 is 0 Å². The van der Waals surface area contributed by atoms with Crippen LogP contribution in [0.15, 0.2) is 30.7 Å². The van der Waals surface area contributed by atoms with Gasteiger partial charge in [-0.25, -0.2) is 9.97 Å². The molecule has 1 saturated heterocycles. The van der Waals surface area contributed by atoms with Crippen molar-refractivity contribution in [1.29, 1.82) is 0 Å². The second kappa shape index (κ2) is 6.89. The van der Waals surface area contributed by atoms with E-state index in [1.54, 1.807) is 6.20 Å². The van der Waals surface area contributed by atoms with E-state index in [-0.39, 0.29) is 0 Å². The van der Waals surface area contributed by atoms with Crippen molar-refractivity contribution in [2.45, 2.75) is 45.1 Å². The van der Waals surface area contributed by atoms with Crippen LogP contribution in [0, 0.1) is 12.3 Å². The van der Waals surface area contributed by atoms with Crippen molar-refractivity contribution in [3.63, 3.8) is 0 Å². The maximum atomic E-state index is 6.49. The Morgan fingerprint density at radius 3 is 2.69 bits per heavy atom. The number of nitrogens with two attached hydrogens (primary N) is 2. The molecule has 6 nitrogen and oxygen atoms in total. The first-order chi connectivity index (χ1) is 14.0. The SMILES string of the molecule is Cc1cc(N2CCC3(CCCC3N)CC2)n2ccnc2c1-c1ccnc(N)c1Cl. The number of hydrogen-bond acceptors (Lipinski definition) is 5. The molecule has 0 aromatic carbocycles. The molecule has 3 aromatic rings. The van der Waals surface area contributed by atoms with Crippen molar-refractivity contribution >= 4 is 28.9 Å². The van der Waals surface area contributed by atoms with Crippen LogP contribution in [0.5, 0.6) is 0 Å². The predicted octanol–water partition coefficient (Wildman–Crippen LogP) is 4.04. The number of aryl methyl sites for hydroxylation is 1. The van der Waals surface area contributed by atoms with Crippen LogP contribution in [-0.2, 0) is 0 Å². The maximum absolute atomic E-state index is 6.49. The van der Waals surface area contributed by atoms with Gasteiger partial charge in [0.1, 0.15) is 17.3 Å². The van der Waals surface area contributed by atoms with Gasteiger partial charge in [0.2, 0.25) is 0 Å². The summed E-state index contributed by atoms with van der Waals surface area (Å²) in [4.78, 5) is 11.2. The zero-order valence-corrected chi connectivity index (χ0v) is 17.5. The summed E-state index contributed by atoms with van der Waals surface area (Å²) in [5.74, 6) is 1.52. The molecule has 1 unspecified atom stereocenters. The fourth-order valence-corrected chi connectivity index (χ4v) is 5.59. The molecule has 1 spiro atoms. The first kappa shape index (κ1) is 18.7. The zero-order valence-electron chi connectivity index (χ0n) is 16.7. The fourth-order valence-electron chi connectivity index (χ4n) is 5.38. The van der Waals surface area contributed by atoms with Gasteiger partial charge in [0.15, 0.2) is 0 Å². The molecule has 1 saturated carbocycles. The summed E-state index contributed by atoms with van der Waals surface area (Å²) in [5, 5.41) is 0.475. The van der Waals surface area contributed by atoms with E-state index in [0.29, 0.717) is 22.3 Å². The molecular formula is C22H27ClN6. The summed E-state index contributed by atoms with van der Waals surface area (Å²) in [6.07, 6.45) is 11.6. The average molecular weight is 411 g/mol. The van der Waals surface area contributed by atoms with Crippen LogP contribution >= 0.6 is 11.6 Å². The highest BCUT2D eigenvalue weighted by Crippen LogP contribution is 2.46. The molecule has 2 fully saturated rings. The van der Waals surface area contributed by atoms with Crippen LogP contribution in [0.4, 0.5) is 11.6 Å². The van der Waals surface area contributed by atoms with Crippen LogP contribution < -0.4 is 16.4 Å². The van der Waals surface area contributed by atoms with E-state index in [2.05, 4.69) is 32.3 Å². The molecule has 1 aliphatic carbocycles. The standard InChI is InChI=1S/C22H27ClN6/c1-14-13-17(28-10-6-22(7-11-28)5-2-3-16(22)24)29-12-9-27-21(29)18(14)15-4-8-26-20(25)19(15)23/h4,8-9,12-13,16H,2-3,5-7,10-11,24H2,1H3,(H2,25,26). The average Bonchev–Trinajstić information content (AvgIpc) is 3.33. The zero-order chi connectivity index (χ0) is 20.2. The van der Waals surface area contributed by atoms with Crippen LogP contribution in [0.3, 0.4) is 0 Å². The topological polar surface area (TPSA) is 85.5 Å². The van der Waals surface area contributed by atoms with E-state index in [1.807, 2.05) is 18.5 Å². The molecule has 0 bridgehead atoms. The van der Waals surface area contributed by atoms with Gasteiger partial charge < -0.3 is 16.4 Å². The molecule has 1 aliphatic heterocycles. The third-order valence-corrected chi connectivity index (χ3v) is 7.49. The van der Waals surface area contributed by atoms with E-state index in [1.165, 1.54) is 25.1 Å². The monoisotopic (exact) mass is 410 g/mol. The number of piperidine rings is 1. The molecule has 29 heavy (non-hydrogen) atoms. The Balaban J connectivity index is 1.54. The Kier molecular flexibility index (Phi) is 4.44. The van der Waals surface area contributed by atoms with Gasteiger partial charge in [-0.1, -0.05) is 18.0 Å². The van der Waals surface area contributed by atoms with Gasteiger partial charge in [-0.05, 0) is 55.7 Å². The number of imidazole rings is 1. The summed E-state index contributed by atoms with van der Waals surface area (Å²) < 4.78 is 2.17. The molecule has 5 rings (SSSR count). The minimum absolute atomic E-state index is 0.339. The fraction of sp³-hybridized carbons (Fsp3) is 0.455. The number of rotatable bonds is 2. The van der Waals surface area contributed by atoms with Crippen LogP contribution in [0.2, 0.25) is 5.02 Å². The van der Waals surface area contributed by atoms with Gasteiger partial charge in [0, 0.05) is 48.8 Å². The van der Waals surface area contributed by atoms with Gasteiger partial charge in [0.25, 0.3) is 0 Å². The molecule has 3 aromatic heterocycles. The summed E-state index contributed by atoms with van der Waals surface area (Å²) in [5.41, 5.74) is 16.7. The molecular weight excluding hydrogens is 384 g/mol. The minimum atomic E-state index is 0.339. The molecule has 4 heterocycles. The quantitative estimate of drug-likeness (QED) is 0.665. The maximum Gasteiger partial charge on any atom is 0.146 e. The van der Waals surface area contributed by atoms with Gasteiger partial charge in [-0.2, -0.15) is 0 Å². The lowest BCUT2D eigenvalue weighted by molar-refractivity contribution is 0.197. The minimum Gasteiger partial charge on any atom is -0.382 e. The summed E-state index contributed by atoms with van der Waals surface area (Å²) in [6, 6.07) is 4.51. The smallest absolute Gasteiger partial charge is 0.146 e. The van der Waals surface area contributed by atoms with Gasteiger partial charge >= 0.3 is 0 Å². The van der Waals surface area contributed by atoms with E-state index < -0.39 is 0 Å². The molecule has 4 N–H and O–H groups in total. The second-order valence-corrected chi connectivity index (χ2v) is 8.97. The number of aromatic nitrogens is 3. The first-order valence-corrected chi connectivity index (χ1v) is 10.8. The summed E-state index contributed by atoms with van der Waals surface area (Å²) in [7, 11) is 0. The Labute approximate surface area is 175 Å². The van der Waals surface area contributed by atoms with Crippen LogP contribution in [0.25, 0.3) is 16.8 Å². The number of halogens is 1. The van der Waals surface area contributed by atoms with Crippen molar-refractivity contribution in [3.8, 4) is 11.1 Å². The highest BCUT2D eigenvalue weighted by Gasteiger charge is 2.43. The van der Waals surface area contributed by atoms with Crippen molar-refractivity contribution in [3.05, 3.63) is 41.3 Å².